The van der Waals surface area contributed by atoms with Crippen LogP contribution >= 0.6 is 0 Å². The third-order valence-electron chi connectivity index (χ3n) is 3.62. The van der Waals surface area contributed by atoms with Crippen molar-refractivity contribution in [1.82, 2.24) is 4.90 Å². The molecular weight excluding hydrogens is 214 g/mol. The van der Waals surface area contributed by atoms with E-state index < -0.39 is 5.97 Å². The van der Waals surface area contributed by atoms with Crippen molar-refractivity contribution in [3.8, 4) is 0 Å². The number of aliphatic carboxylic acids is 1. The molecule has 2 atom stereocenters. The third kappa shape index (κ3) is 4.90. The summed E-state index contributed by atoms with van der Waals surface area (Å²) >= 11 is 0. The van der Waals surface area contributed by atoms with Crippen molar-refractivity contribution in [3.63, 3.8) is 0 Å². The Hall–Kier alpha value is -0.830. The summed E-state index contributed by atoms with van der Waals surface area (Å²) in [5, 5.41) is 8.81. The van der Waals surface area contributed by atoms with Crippen molar-refractivity contribution in [2.24, 2.45) is 5.92 Å². The van der Waals surface area contributed by atoms with Crippen molar-refractivity contribution in [3.05, 3.63) is 12.2 Å². The van der Waals surface area contributed by atoms with Gasteiger partial charge in [0.2, 0.25) is 0 Å². The summed E-state index contributed by atoms with van der Waals surface area (Å²) < 4.78 is 0. The maximum absolute atomic E-state index is 10.7. The average Bonchev–Trinajstić information content (AvgIpc) is 2.24. The zero-order valence-corrected chi connectivity index (χ0v) is 11.1. The van der Waals surface area contributed by atoms with Gasteiger partial charge in [-0.05, 0) is 25.7 Å². The first kappa shape index (κ1) is 14.2. The lowest BCUT2D eigenvalue weighted by Crippen LogP contribution is -2.43. The van der Waals surface area contributed by atoms with Crippen molar-refractivity contribution in [2.45, 2.75) is 52.0 Å². The minimum Gasteiger partial charge on any atom is -0.481 e. The molecule has 3 heteroatoms. The van der Waals surface area contributed by atoms with Gasteiger partial charge in [-0.1, -0.05) is 31.9 Å². The molecule has 1 rings (SSSR count). The molecular formula is C14H25NO2. The van der Waals surface area contributed by atoms with E-state index in [1.165, 1.54) is 25.7 Å². The van der Waals surface area contributed by atoms with E-state index in [1.54, 1.807) is 0 Å². The molecule has 0 bridgehead atoms. The molecule has 17 heavy (non-hydrogen) atoms. The first-order valence-corrected chi connectivity index (χ1v) is 6.61. The van der Waals surface area contributed by atoms with Gasteiger partial charge in [-0.25, -0.2) is 0 Å². The van der Waals surface area contributed by atoms with Crippen molar-refractivity contribution >= 4 is 5.97 Å². The molecule has 2 unspecified atom stereocenters. The zero-order chi connectivity index (χ0) is 12.8. The summed E-state index contributed by atoms with van der Waals surface area (Å²) in [5.41, 5.74) is 1.12. The van der Waals surface area contributed by atoms with E-state index in [0.717, 1.165) is 12.1 Å². The lowest BCUT2D eigenvalue weighted by molar-refractivity contribution is -0.137. The molecule has 0 saturated heterocycles. The quantitative estimate of drug-likeness (QED) is 0.724. The molecule has 0 amide bonds. The van der Waals surface area contributed by atoms with Crippen molar-refractivity contribution < 1.29 is 9.90 Å². The van der Waals surface area contributed by atoms with Gasteiger partial charge >= 0.3 is 5.97 Å². The lowest BCUT2D eigenvalue weighted by atomic mass is 9.84. The first-order chi connectivity index (χ1) is 8.00. The molecule has 0 aromatic rings. The Bertz CT molecular complexity index is 275. The highest BCUT2D eigenvalue weighted by atomic mass is 16.4. The van der Waals surface area contributed by atoms with Gasteiger partial charge in [0.25, 0.3) is 0 Å². The number of carbonyl (C=O) groups is 1. The maximum Gasteiger partial charge on any atom is 0.304 e. The van der Waals surface area contributed by atoms with Crippen LogP contribution < -0.4 is 0 Å². The van der Waals surface area contributed by atoms with Crippen LogP contribution in [0.3, 0.4) is 0 Å². The Balaban J connectivity index is 2.59. The van der Waals surface area contributed by atoms with Crippen LogP contribution in [0.15, 0.2) is 12.2 Å². The fourth-order valence-electron chi connectivity index (χ4n) is 2.79. The summed E-state index contributed by atoms with van der Waals surface area (Å²) in [6, 6.07) is 0.541. The minimum absolute atomic E-state index is 0.233. The van der Waals surface area contributed by atoms with E-state index in [9.17, 15) is 4.79 Å². The second kappa shape index (κ2) is 6.80. The van der Waals surface area contributed by atoms with Crippen LogP contribution in [0.25, 0.3) is 0 Å². The molecule has 0 heterocycles. The van der Waals surface area contributed by atoms with Gasteiger partial charge < -0.3 is 5.11 Å². The minimum atomic E-state index is -0.708. The highest BCUT2D eigenvalue weighted by Crippen LogP contribution is 2.28. The third-order valence-corrected chi connectivity index (χ3v) is 3.62. The summed E-state index contributed by atoms with van der Waals surface area (Å²) in [7, 11) is 0. The Labute approximate surface area is 105 Å². The fourth-order valence-corrected chi connectivity index (χ4v) is 2.79. The Kier molecular flexibility index (Phi) is 5.69. The monoisotopic (exact) mass is 239 g/mol. The predicted molar refractivity (Wildman–Crippen MR) is 70.1 cm³/mol. The van der Waals surface area contributed by atoms with Gasteiger partial charge in [-0.2, -0.15) is 0 Å². The highest BCUT2D eigenvalue weighted by molar-refractivity contribution is 5.66. The van der Waals surface area contributed by atoms with E-state index in [0.29, 0.717) is 18.5 Å². The van der Waals surface area contributed by atoms with E-state index in [1.807, 2.05) is 6.92 Å². The summed E-state index contributed by atoms with van der Waals surface area (Å²) in [6.45, 7) is 9.74. The van der Waals surface area contributed by atoms with E-state index in [-0.39, 0.29) is 6.42 Å². The number of hydrogen-bond acceptors (Lipinski definition) is 2. The summed E-state index contributed by atoms with van der Waals surface area (Å²) in [6.07, 6.45) is 5.29. The second-order valence-electron chi connectivity index (χ2n) is 5.40. The van der Waals surface area contributed by atoms with Crippen LogP contribution in [-0.4, -0.2) is 35.1 Å². The summed E-state index contributed by atoms with van der Waals surface area (Å²) in [5.74, 6) is -0.0305. The van der Waals surface area contributed by atoms with Crippen LogP contribution in [0.5, 0.6) is 0 Å². The molecule has 1 fully saturated rings. The number of carboxylic acids is 1. The zero-order valence-electron chi connectivity index (χ0n) is 11.1. The van der Waals surface area contributed by atoms with Gasteiger partial charge in [-0.3, -0.25) is 9.69 Å². The molecule has 0 aromatic heterocycles. The molecule has 0 aliphatic heterocycles. The lowest BCUT2D eigenvalue weighted by Gasteiger charge is -2.38. The molecule has 0 aromatic carbocycles. The van der Waals surface area contributed by atoms with Crippen LogP contribution in [0, 0.1) is 5.92 Å². The topological polar surface area (TPSA) is 40.5 Å². The molecule has 1 saturated carbocycles. The number of nitrogens with zero attached hydrogens (tertiary/aromatic N) is 1. The van der Waals surface area contributed by atoms with E-state index >= 15 is 0 Å². The molecule has 1 aliphatic rings. The van der Waals surface area contributed by atoms with Gasteiger partial charge in [-0.15, -0.1) is 0 Å². The van der Waals surface area contributed by atoms with E-state index in [2.05, 4.69) is 18.4 Å². The second-order valence-corrected chi connectivity index (χ2v) is 5.40. The van der Waals surface area contributed by atoms with Gasteiger partial charge in [0.15, 0.2) is 0 Å². The molecule has 3 nitrogen and oxygen atoms in total. The predicted octanol–water partition coefficient (Wildman–Crippen LogP) is 2.92. The normalized spacial score (nSPS) is 24.9. The SMILES string of the molecule is C=C(C)CN(CCC(=O)O)C1CCCCC1C. The van der Waals surface area contributed by atoms with Crippen molar-refractivity contribution in [1.29, 1.82) is 0 Å². The van der Waals surface area contributed by atoms with Crippen molar-refractivity contribution in [2.75, 3.05) is 13.1 Å². The van der Waals surface area contributed by atoms with Gasteiger partial charge in [0.05, 0.1) is 6.42 Å². The molecule has 1 N–H and O–H groups in total. The van der Waals surface area contributed by atoms with Crippen LogP contribution in [-0.2, 0) is 4.79 Å². The van der Waals surface area contributed by atoms with E-state index in [4.69, 9.17) is 5.11 Å². The van der Waals surface area contributed by atoms with Gasteiger partial charge in [0, 0.05) is 19.1 Å². The number of carboxylic acid groups (broad SMARTS) is 1. The smallest absolute Gasteiger partial charge is 0.304 e. The first-order valence-electron chi connectivity index (χ1n) is 6.61. The van der Waals surface area contributed by atoms with Crippen LogP contribution in [0.1, 0.15) is 46.0 Å². The molecule has 0 spiro atoms. The Morgan fingerprint density at radius 3 is 2.59 bits per heavy atom. The fraction of sp³-hybridized carbons (Fsp3) is 0.786. The largest absolute Gasteiger partial charge is 0.481 e. The number of hydrogen-bond donors (Lipinski definition) is 1. The maximum atomic E-state index is 10.7. The average molecular weight is 239 g/mol. The number of rotatable bonds is 6. The molecule has 98 valence electrons. The van der Waals surface area contributed by atoms with Crippen LogP contribution in [0.2, 0.25) is 0 Å². The van der Waals surface area contributed by atoms with Gasteiger partial charge in [0.1, 0.15) is 0 Å². The molecule has 0 radical (unpaired) electrons. The van der Waals surface area contributed by atoms with Crippen LogP contribution in [0.4, 0.5) is 0 Å². The highest BCUT2D eigenvalue weighted by Gasteiger charge is 2.27. The Morgan fingerprint density at radius 1 is 1.41 bits per heavy atom. The summed E-state index contributed by atoms with van der Waals surface area (Å²) in [4.78, 5) is 13.0. The Morgan fingerprint density at radius 2 is 2.06 bits per heavy atom. The molecule has 1 aliphatic carbocycles. The standard InChI is InChI=1S/C14H25NO2/c1-11(2)10-15(9-8-14(16)17)13-7-5-4-6-12(13)3/h12-13H,1,4-10H2,2-3H3,(H,16,17).